The van der Waals surface area contributed by atoms with Crippen molar-refractivity contribution in [2.75, 3.05) is 13.2 Å². The average Bonchev–Trinajstić information content (AvgIpc) is 2.86. The molecule has 1 aliphatic rings. The third-order valence-corrected chi connectivity index (χ3v) is 5.69. The minimum Gasteiger partial charge on any atom is -0.493 e. The number of halogens is 1. The summed E-state index contributed by atoms with van der Waals surface area (Å²) in [5, 5.41) is 10.4. The van der Waals surface area contributed by atoms with Gasteiger partial charge in [-0.15, -0.1) is 5.06 Å². The first-order valence-electron chi connectivity index (χ1n) is 11.4. The normalized spacial score (nSPS) is 15.2. The Labute approximate surface area is 202 Å². The third kappa shape index (κ3) is 6.36. The molecule has 0 aliphatic carbocycles. The molecular weight excluding hydrogens is 453 g/mol. The molecule has 1 heterocycles. The summed E-state index contributed by atoms with van der Waals surface area (Å²) in [5.41, 5.74) is 3.21. The number of ether oxygens (including phenoxy) is 2. The zero-order chi connectivity index (χ0) is 24.6. The molecule has 4 rings (SSSR count). The fourth-order valence-corrected chi connectivity index (χ4v) is 4.07. The molecule has 1 unspecified atom stereocenters. The lowest BCUT2D eigenvalue weighted by molar-refractivity contribution is -0.152. The molecule has 3 aromatic carbocycles. The fraction of sp³-hybridized carbons (Fsp3) is 0.259. The zero-order valence-corrected chi connectivity index (χ0v) is 19.1. The van der Waals surface area contributed by atoms with Crippen LogP contribution < -0.4 is 4.74 Å². The van der Waals surface area contributed by atoms with Crippen LogP contribution in [-0.2, 0) is 27.4 Å². The number of carboxylic acids is 1. The highest BCUT2D eigenvalue weighted by Gasteiger charge is 2.34. The number of hydroxylamine groups is 2. The molecule has 8 heteroatoms. The molecule has 1 atom stereocenters. The van der Waals surface area contributed by atoms with Crippen LogP contribution in [0.25, 0.3) is 0 Å². The zero-order valence-electron chi connectivity index (χ0n) is 19.1. The Morgan fingerprint density at radius 2 is 1.77 bits per heavy atom. The van der Waals surface area contributed by atoms with Crippen molar-refractivity contribution in [2.24, 2.45) is 0 Å². The molecule has 3 aromatic rings. The van der Waals surface area contributed by atoms with Gasteiger partial charge in [0, 0.05) is 18.5 Å². The largest absolute Gasteiger partial charge is 0.528 e. The molecule has 0 aromatic heterocycles. The number of carbonyl (C=O) groups excluding carboxylic acids is 1. The topological polar surface area (TPSA) is 85.3 Å². The number of hydrogen-bond acceptors (Lipinski definition) is 6. The van der Waals surface area contributed by atoms with E-state index in [1.807, 2.05) is 54.6 Å². The minimum absolute atomic E-state index is 0.0364. The summed E-state index contributed by atoms with van der Waals surface area (Å²) in [4.78, 5) is 29.0. The minimum atomic E-state index is -0.914. The molecule has 7 nitrogen and oxygen atoms in total. The molecule has 0 bridgehead atoms. The van der Waals surface area contributed by atoms with Crippen LogP contribution >= 0.6 is 0 Å². The lowest BCUT2D eigenvalue weighted by Gasteiger charge is -2.36. The van der Waals surface area contributed by atoms with Crippen LogP contribution in [0.15, 0.2) is 72.8 Å². The van der Waals surface area contributed by atoms with Gasteiger partial charge in [0.2, 0.25) is 0 Å². The van der Waals surface area contributed by atoms with Crippen LogP contribution in [0.2, 0.25) is 0 Å². The predicted octanol–water partition coefficient (Wildman–Crippen LogP) is 5.29. The first-order chi connectivity index (χ1) is 17.0. The summed E-state index contributed by atoms with van der Waals surface area (Å²) >= 11 is 0. The van der Waals surface area contributed by atoms with Crippen LogP contribution in [0.1, 0.15) is 41.1 Å². The summed E-state index contributed by atoms with van der Waals surface area (Å²) in [6.07, 6.45) is 0.0339. The van der Waals surface area contributed by atoms with E-state index in [1.165, 1.54) is 23.3 Å². The van der Waals surface area contributed by atoms with Gasteiger partial charge >= 0.3 is 12.1 Å². The van der Waals surface area contributed by atoms with Crippen LogP contribution in [0.5, 0.6) is 5.75 Å². The van der Waals surface area contributed by atoms with E-state index in [4.69, 9.17) is 19.4 Å². The lowest BCUT2D eigenvalue weighted by Crippen LogP contribution is -2.38. The van der Waals surface area contributed by atoms with Crippen LogP contribution in [-0.4, -0.2) is 35.4 Å². The van der Waals surface area contributed by atoms with E-state index >= 15 is 0 Å². The second-order valence-corrected chi connectivity index (χ2v) is 8.14. The summed E-state index contributed by atoms with van der Waals surface area (Å²) in [6, 6.07) is 20.5. The van der Waals surface area contributed by atoms with E-state index in [2.05, 4.69) is 0 Å². The highest BCUT2D eigenvalue weighted by atomic mass is 19.1. The maximum absolute atomic E-state index is 14.4. The number of hydrogen-bond donors (Lipinski definition) is 1. The van der Waals surface area contributed by atoms with Crippen molar-refractivity contribution < 1.29 is 33.4 Å². The summed E-state index contributed by atoms with van der Waals surface area (Å²) in [7, 11) is 0. The molecule has 0 radical (unpaired) electrons. The molecule has 0 spiro atoms. The van der Waals surface area contributed by atoms with E-state index < -0.39 is 24.0 Å². The quantitative estimate of drug-likeness (QED) is 0.330. The number of rotatable bonds is 9. The highest BCUT2D eigenvalue weighted by molar-refractivity contribution is 5.66. The van der Waals surface area contributed by atoms with Gasteiger partial charge in [-0.3, -0.25) is 4.79 Å². The maximum Gasteiger partial charge on any atom is 0.528 e. The van der Waals surface area contributed by atoms with Crippen molar-refractivity contribution in [2.45, 2.75) is 31.9 Å². The Balaban J connectivity index is 1.57. The van der Waals surface area contributed by atoms with Gasteiger partial charge in [0.25, 0.3) is 0 Å². The number of carboxylic acid groups (broad SMARTS) is 1. The van der Waals surface area contributed by atoms with Gasteiger partial charge in [0.05, 0.1) is 6.61 Å². The Hall–Kier alpha value is -3.91. The molecule has 182 valence electrons. The molecule has 35 heavy (non-hydrogen) atoms. The summed E-state index contributed by atoms with van der Waals surface area (Å²) in [5.74, 6) is -0.986. The monoisotopic (exact) mass is 479 g/mol. The SMILES string of the molecule is O=C(O)CCCOc1ccc(F)cc1C1c2ccccc2CCN1OC(=O)OCc1ccccc1. The predicted molar refractivity (Wildman–Crippen MR) is 125 cm³/mol. The van der Waals surface area contributed by atoms with E-state index in [-0.39, 0.29) is 19.6 Å². The van der Waals surface area contributed by atoms with E-state index in [0.29, 0.717) is 30.7 Å². The highest BCUT2D eigenvalue weighted by Crippen LogP contribution is 2.40. The third-order valence-electron chi connectivity index (χ3n) is 5.69. The van der Waals surface area contributed by atoms with Gasteiger partial charge in [-0.05, 0) is 47.7 Å². The van der Waals surface area contributed by atoms with E-state index in [9.17, 15) is 14.0 Å². The van der Waals surface area contributed by atoms with Crippen LogP contribution in [0.4, 0.5) is 9.18 Å². The van der Waals surface area contributed by atoms with Crippen molar-refractivity contribution in [1.29, 1.82) is 0 Å². The van der Waals surface area contributed by atoms with Crippen molar-refractivity contribution in [3.8, 4) is 5.75 Å². The summed E-state index contributed by atoms with van der Waals surface area (Å²) < 4.78 is 25.5. The number of fused-ring (bicyclic) bond motifs is 1. The lowest BCUT2D eigenvalue weighted by atomic mass is 9.89. The standard InChI is InChI=1S/C27H26FNO6/c28-21-12-13-24(33-16-6-11-25(30)31)23(17-21)26-22-10-5-4-9-20(22)14-15-29(26)35-27(32)34-18-19-7-2-1-3-8-19/h1-5,7-10,12-13,17,26H,6,11,14-16,18H2,(H,30,31). The van der Waals surface area contributed by atoms with Crippen molar-refractivity contribution in [3.63, 3.8) is 0 Å². The first-order valence-corrected chi connectivity index (χ1v) is 11.4. The maximum atomic E-state index is 14.4. The Morgan fingerprint density at radius 1 is 1.00 bits per heavy atom. The van der Waals surface area contributed by atoms with E-state index in [1.54, 1.807) is 0 Å². The summed E-state index contributed by atoms with van der Waals surface area (Å²) in [6.45, 7) is 0.586. The first kappa shape index (κ1) is 24.2. The number of nitrogens with zero attached hydrogens (tertiary/aromatic N) is 1. The van der Waals surface area contributed by atoms with Gasteiger partial charge in [-0.25, -0.2) is 9.18 Å². The number of benzene rings is 3. The molecule has 0 amide bonds. The van der Waals surface area contributed by atoms with Crippen molar-refractivity contribution in [1.82, 2.24) is 5.06 Å². The molecule has 0 saturated heterocycles. The Kier molecular flexibility index (Phi) is 7.95. The van der Waals surface area contributed by atoms with Crippen molar-refractivity contribution >= 4 is 12.1 Å². The van der Waals surface area contributed by atoms with Gasteiger partial charge in [0.15, 0.2) is 0 Å². The molecular formula is C27H26FNO6. The van der Waals surface area contributed by atoms with E-state index in [0.717, 1.165) is 16.7 Å². The van der Waals surface area contributed by atoms with Crippen molar-refractivity contribution in [3.05, 3.63) is 101 Å². The van der Waals surface area contributed by atoms with Gasteiger partial charge in [0.1, 0.15) is 24.2 Å². The second kappa shape index (κ2) is 11.5. The Bertz CT molecular complexity index is 1170. The molecule has 0 saturated carbocycles. The van der Waals surface area contributed by atoms with Gasteiger partial charge in [-0.2, -0.15) is 0 Å². The average molecular weight is 480 g/mol. The van der Waals surface area contributed by atoms with Gasteiger partial charge < -0.3 is 19.4 Å². The smallest absolute Gasteiger partial charge is 0.493 e. The molecule has 1 N–H and O–H groups in total. The van der Waals surface area contributed by atoms with Crippen LogP contribution in [0, 0.1) is 5.82 Å². The Morgan fingerprint density at radius 3 is 2.57 bits per heavy atom. The van der Waals surface area contributed by atoms with Crippen LogP contribution in [0.3, 0.4) is 0 Å². The number of carbonyl (C=O) groups is 2. The van der Waals surface area contributed by atoms with Gasteiger partial charge in [-0.1, -0.05) is 54.6 Å². The second-order valence-electron chi connectivity index (χ2n) is 8.14. The molecule has 1 aliphatic heterocycles. The number of aliphatic carboxylic acids is 1. The molecule has 0 fully saturated rings. The fourth-order valence-electron chi connectivity index (χ4n) is 4.07.